The molecule has 1 heterocycles. The van der Waals surface area contributed by atoms with Gasteiger partial charge in [0.15, 0.2) is 0 Å². The second kappa shape index (κ2) is 5.33. The first-order chi connectivity index (χ1) is 8.13. The number of rotatable bonds is 4. The van der Waals surface area contributed by atoms with E-state index < -0.39 is 0 Å². The maximum absolute atomic E-state index is 5.75. The average Bonchev–Trinajstić information content (AvgIpc) is 2.66. The molecule has 17 heavy (non-hydrogen) atoms. The van der Waals surface area contributed by atoms with Crippen LogP contribution in [0.4, 0.5) is 0 Å². The summed E-state index contributed by atoms with van der Waals surface area (Å²) in [6.45, 7) is 3.78. The summed E-state index contributed by atoms with van der Waals surface area (Å²) in [7, 11) is 0. The van der Waals surface area contributed by atoms with Gasteiger partial charge in [0.25, 0.3) is 5.22 Å². The molecular formula is C12H15N3OS. The van der Waals surface area contributed by atoms with Crippen molar-refractivity contribution in [2.45, 2.75) is 36.4 Å². The third kappa shape index (κ3) is 3.57. The molecule has 1 aromatic heterocycles. The third-order valence-corrected chi connectivity index (χ3v) is 3.04. The van der Waals surface area contributed by atoms with Crippen molar-refractivity contribution in [2.24, 2.45) is 5.73 Å². The molecule has 90 valence electrons. The number of nitrogens with zero attached hydrogens (tertiary/aromatic N) is 2. The summed E-state index contributed by atoms with van der Waals surface area (Å²) in [5, 5.41) is 8.30. The monoisotopic (exact) mass is 249 g/mol. The molecule has 2 aromatic rings. The molecule has 0 radical (unpaired) electrons. The molecular weight excluding hydrogens is 234 g/mol. The Morgan fingerprint density at radius 2 is 2.00 bits per heavy atom. The topological polar surface area (TPSA) is 64.9 Å². The first-order valence-corrected chi connectivity index (χ1v) is 6.27. The molecule has 0 saturated carbocycles. The number of benzene rings is 1. The lowest BCUT2D eigenvalue weighted by molar-refractivity contribution is 0.429. The van der Waals surface area contributed by atoms with Crippen LogP contribution in [0.5, 0.6) is 0 Å². The van der Waals surface area contributed by atoms with Gasteiger partial charge < -0.3 is 10.2 Å². The van der Waals surface area contributed by atoms with Crippen LogP contribution in [-0.4, -0.2) is 16.2 Å². The Labute approximate surface area is 105 Å². The average molecular weight is 249 g/mol. The number of aromatic nitrogens is 2. The smallest absolute Gasteiger partial charge is 0.281 e. The van der Waals surface area contributed by atoms with E-state index in [1.54, 1.807) is 6.92 Å². The number of nitrogens with two attached hydrogens (primary N) is 1. The molecule has 0 aliphatic rings. The van der Waals surface area contributed by atoms with Crippen LogP contribution >= 0.6 is 11.8 Å². The van der Waals surface area contributed by atoms with E-state index in [1.807, 2.05) is 19.1 Å². The summed E-state index contributed by atoms with van der Waals surface area (Å²) in [6, 6.07) is 8.43. The highest BCUT2D eigenvalue weighted by Gasteiger charge is 2.05. The van der Waals surface area contributed by atoms with E-state index in [-0.39, 0.29) is 6.04 Å². The van der Waals surface area contributed by atoms with Gasteiger partial charge in [-0.05, 0) is 42.8 Å². The molecule has 1 unspecified atom stereocenters. The van der Waals surface area contributed by atoms with Crippen molar-refractivity contribution in [1.29, 1.82) is 0 Å². The first kappa shape index (κ1) is 12.1. The normalized spacial score (nSPS) is 12.6. The molecule has 0 aliphatic heterocycles. The molecule has 1 aromatic carbocycles. The van der Waals surface area contributed by atoms with Gasteiger partial charge in [-0.1, -0.05) is 12.1 Å². The molecule has 0 bridgehead atoms. The second-order valence-electron chi connectivity index (χ2n) is 4.01. The standard InChI is InChI=1S/C12H15N3OS/c1-8(13)7-10-3-5-11(6-4-10)17-12-15-14-9(2)16-12/h3-6,8H,7,13H2,1-2H3. The van der Waals surface area contributed by atoms with Crippen molar-refractivity contribution in [3.05, 3.63) is 35.7 Å². The predicted octanol–water partition coefficient (Wildman–Crippen LogP) is 2.42. The lowest BCUT2D eigenvalue weighted by atomic mass is 10.1. The Kier molecular flexibility index (Phi) is 3.81. The highest BCUT2D eigenvalue weighted by molar-refractivity contribution is 7.99. The minimum absolute atomic E-state index is 0.187. The van der Waals surface area contributed by atoms with Crippen LogP contribution in [0.2, 0.25) is 0 Å². The van der Waals surface area contributed by atoms with E-state index in [1.165, 1.54) is 17.3 Å². The molecule has 2 rings (SSSR count). The lowest BCUT2D eigenvalue weighted by Gasteiger charge is -2.05. The van der Waals surface area contributed by atoms with Gasteiger partial charge in [-0.3, -0.25) is 0 Å². The maximum atomic E-state index is 5.75. The Bertz CT molecular complexity index is 479. The molecule has 1 atom stereocenters. The quantitative estimate of drug-likeness (QED) is 0.901. The summed E-state index contributed by atoms with van der Waals surface area (Å²) < 4.78 is 5.30. The Morgan fingerprint density at radius 1 is 1.29 bits per heavy atom. The minimum atomic E-state index is 0.187. The molecule has 0 fully saturated rings. The maximum Gasteiger partial charge on any atom is 0.281 e. The Morgan fingerprint density at radius 3 is 2.53 bits per heavy atom. The summed E-state index contributed by atoms with van der Waals surface area (Å²) in [5.74, 6) is 0.584. The number of aryl methyl sites for hydroxylation is 1. The molecule has 0 amide bonds. The zero-order valence-corrected chi connectivity index (χ0v) is 10.7. The van der Waals surface area contributed by atoms with Crippen LogP contribution in [0.15, 0.2) is 38.8 Å². The predicted molar refractivity (Wildman–Crippen MR) is 67.0 cm³/mol. The van der Waals surface area contributed by atoms with Crippen molar-refractivity contribution in [3.8, 4) is 0 Å². The molecule has 0 saturated heterocycles. The van der Waals surface area contributed by atoms with Gasteiger partial charge in [0.1, 0.15) is 0 Å². The number of hydrogen-bond acceptors (Lipinski definition) is 5. The van der Waals surface area contributed by atoms with Crippen LogP contribution in [0.3, 0.4) is 0 Å². The fourth-order valence-electron chi connectivity index (χ4n) is 1.49. The van der Waals surface area contributed by atoms with E-state index >= 15 is 0 Å². The SMILES string of the molecule is Cc1nnc(Sc2ccc(CC(C)N)cc2)o1. The largest absolute Gasteiger partial charge is 0.416 e. The van der Waals surface area contributed by atoms with Gasteiger partial charge in [0.2, 0.25) is 5.89 Å². The van der Waals surface area contributed by atoms with E-state index in [0.29, 0.717) is 11.1 Å². The summed E-state index contributed by atoms with van der Waals surface area (Å²) in [6.07, 6.45) is 0.893. The molecule has 4 nitrogen and oxygen atoms in total. The van der Waals surface area contributed by atoms with Crippen LogP contribution in [0.1, 0.15) is 18.4 Å². The van der Waals surface area contributed by atoms with Gasteiger partial charge in [-0.25, -0.2) is 0 Å². The van der Waals surface area contributed by atoms with E-state index in [2.05, 4.69) is 22.3 Å². The van der Waals surface area contributed by atoms with Crippen molar-refractivity contribution in [2.75, 3.05) is 0 Å². The summed E-state index contributed by atoms with van der Waals surface area (Å²) in [4.78, 5) is 1.09. The van der Waals surface area contributed by atoms with Gasteiger partial charge in [-0.2, -0.15) is 0 Å². The number of hydrogen-bond donors (Lipinski definition) is 1. The zero-order valence-electron chi connectivity index (χ0n) is 9.88. The van der Waals surface area contributed by atoms with Crippen LogP contribution in [0.25, 0.3) is 0 Å². The van der Waals surface area contributed by atoms with E-state index in [9.17, 15) is 0 Å². The van der Waals surface area contributed by atoms with Crippen molar-refractivity contribution >= 4 is 11.8 Å². The zero-order chi connectivity index (χ0) is 12.3. The van der Waals surface area contributed by atoms with Crippen molar-refractivity contribution in [1.82, 2.24) is 10.2 Å². The van der Waals surface area contributed by atoms with Crippen LogP contribution < -0.4 is 5.73 Å². The summed E-state index contributed by atoms with van der Waals surface area (Å²) in [5.41, 5.74) is 6.99. The molecule has 2 N–H and O–H groups in total. The van der Waals surface area contributed by atoms with Crippen LogP contribution in [-0.2, 0) is 6.42 Å². The highest BCUT2D eigenvalue weighted by atomic mass is 32.2. The van der Waals surface area contributed by atoms with Gasteiger partial charge in [-0.15, -0.1) is 10.2 Å². The molecule has 5 heteroatoms. The van der Waals surface area contributed by atoms with E-state index in [4.69, 9.17) is 10.2 Å². The first-order valence-electron chi connectivity index (χ1n) is 5.46. The minimum Gasteiger partial charge on any atom is -0.416 e. The fraction of sp³-hybridized carbons (Fsp3) is 0.333. The Hall–Kier alpha value is -1.33. The summed E-state index contributed by atoms with van der Waals surface area (Å²) >= 11 is 1.46. The van der Waals surface area contributed by atoms with Crippen molar-refractivity contribution < 1.29 is 4.42 Å². The van der Waals surface area contributed by atoms with E-state index in [0.717, 1.165) is 11.3 Å². The van der Waals surface area contributed by atoms with Gasteiger partial charge in [0, 0.05) is 17.9 Å². The second-order valence-corrected chi connectivity index (χ2v) is 5.04. The van der Waals surface area contributed by atoms with Crippen molar-refractivity contribution in [3.63, 3.8) is 0 Å². The Balaban J connectivity index is 2.03. The highest BCUT2D eigenvalue weighted by Crippen LogP contribution is 2.26. The lowest BCUT2D eigenvalue weighted by Crippen LogP contribution is -2.17. The molecule has 0 aliphatic carbocycles. The third-order valence-electron chi connectivity index (χ3n) is 2.19. The van der Waals surface area contributed by atoms with Crippen LogP contribution in [0, 0.1) is 6.92 Å². The van der Waals surface area contributed by atoms with Gasteiger partial charge in [0.05, 0.1) is 0 Å². The molecule has 0 spiro atoms. The fourth-order valence-corrected chi connectivity index (χ4v) is 2.20. The van der Waals surface area contributed by atoms with Gasteiger partial charge >= 0.3 is 0 Å².